The zero-order chi connectivity index (χ0) is 14.4. The van der Waals surface area contributed by atoms with Gasteiger partial charge in [-0.2, -0.15) is 4.98 Å². The summed E-state index contributed by atoms with van der Waals surface area (Å²) in [4.78, 5) is 25.1. The zero-order valence-electron chi connectivity index (χ0n) is 10.9. The average Bonchev–Trinajstić information content (AvgIpc) is 2.96. The van der Waals surface area contributed by atoms with Crippen LogP contribution in [0.25, 0.3) is 0 Å². The molecule has 20 heavy (non-hydrogen) atoms. The van der Waals surface area contributed by atoms with E-state index in [-0.39, 0.29) is 17.4 Å². The highest BCUT2D eigenvalue weighted by atomic mass is 16.6. The molecule has 0 bridgehead atoms. The molecule has 0 saturated heterocycles. The molecule has 0 atom stereocenters. The second kappa shape index (κ2) is 6.45. The molecule has 0 unspecified atom stereocenters. The third-order valence-electron chi connectivity index (χ3n) is 2.60. The first-order chi connectivity index (χ1) is 9.72. The number of nitrogens with zero attached hydrogens (tertiary/aromatic N) is 4. The van der Waals surface area contributed by atoms with Gasteiger partial charge in [-0.25, -0.2) is 9.97 Å². The highest BCUT2D eigenvalue weighted by molar-refractivity contribution is 5.60. The van der Waals surface area contributed by atoms with Crippen molar-refractivity contribution in [2.75, 3.05) is 19.0 Å². The summed E-state index contributed by atoms with van der Waals surface area (Å²) in [5.74, 6) is 0.974. The number of hydrogen-bond acceptors (Lipinski definition) is 7. The van der Waals surface area contributed by atoms with Gasteiger partial charge < -0.3 is 15.0 Å². The molecule has 0 aliphatic carbocycles. The minimum atomic E-state index is -0.562. The van der Waals surface area contributed by atoms with Crippen LogP contribution in [0.1, 0.15) is 12.2 Å². The Hall–Kier alpha value is -2.71. The maximum atomic E-state index is 11.0. The Bertz CT molecular complexity index is 572. The van der Waals surface area contributed by atoms with Crippen LogP contribution in [0.5, 0.6) is 5.88 Å². The van der Waals surface area contributed by atoms with Crippen LogP contribution in [0.15, 0.2) is 18.7 Å². The monoisotopic (exact) mass is 278 g/mol. The van der Waals surface area contributed by atoms with Gasteiger partial charge in [0.2, 0.25) is 5.82 Å². The van der Waals surface area contributed by atoms with E-state index in [9.17, 15) is 10.1 Å². The van der Waals surface area contributed by atoms with E-state index in [2.05, 4.69) is 25.3 Å². The minimum absolute atomic E-state index is 0.0569. The van der Waals surface area contributed by atoms with Crippen LogP contribution in [-0.2, 0) is 6.42 Å². The van der Waals surface area contributed by atoms with Crippen molar-refractivity contribution < 1.29 is 9.66 Å². The summed E-state index contributed by atoms with van der Waals surface area (Å²) in [5.41, 5.74) is -0.256. The van der Waals surface area contributed by atoms with Crippen molar-refractivity contribution in [3.63, 3.8) is 0 Å². The fourth-order valence-electron chi connectivity index (χ4n) is 1.70. The molecule has 2 aromatic heterocycles. The summed E-state index contributed by atoms with van der Waals surface area (Å²) in [6, 6.07) is 0. The Morgan fingerprint density at radius 2 is 2.30 bits per heavy atom. The van der Waals surface area contributed by atoms with E-state index in [1.807, 2.05) is 0 Å². The number of aromatic amines is 1. The van der Waals surface area contributed by atoms with Crippen LogP contribution in [-0.4, -0.2) is 38.5 Å². The lowest BCUT2D eigenvalue weighted by Gasteiger charge is -2.07. The topological polar surface area (TPSA) is 119 Å². The highest BCUT2D eigenvalue weighted by Crippen LogP contribution is 2.30. The number of nitrogens with one attached hydrogen (secondary N) is 2. The first-order valence-corrected chi connectivity index (χ1v) is 5.98. The predicted octanol–water partition coefficient (Wildman–Crippen LogP) is 1.16. The molecule has 0 aromatic carbocycles. The van der Waals surface area contributed by atoms with Gasteiger partial charge in [0.15, 0.2) is 0 Å². The van der Waals surface area contributed by atoms with E-state index in [1.54, 1.807) is 12.4 Å². The molecule has 0 saturated carbocycles. The molecule has 2 aromatic rings. The van der Waals surface area contributed by atoms with Gasteiger partial charge >= 0.3 is 5.69 Å². The molecule has 0 spiro atoms. The first kappa shape index (κ1) is 13.7. The van der Waals surface area contributed by atoms with Gasteiger partial charge in [0.25, 0.3) is 5.88 Å². The Labute approximate surface area is 114 Å². The van der Waals surface area contributed by atoms with Crippen molar-refractivity contribution in [2.24, 2.45) is 0 Å². The number of H-pyrrole nitrogens is 1. The maximum Gasteiger partial charge on any atom is 0.372 e. The molecular weight excluding hydrogens is 264 g/mol. The SMILES string of the molecule is COc1ncnc(NCCCc2ncc[nH]2)c1[N+](=O)[O-]. The summed E-state index contributed by atoms with van der Waals surface area (Å²) in [6.07, 6.45) is 6.17. The van der Waals surface area contributed by atoms with Crippen molar-refractivity contribution in [2.45, 2.75) is 12.8 Å². The molecule has 0 radical (unpaired) electrons. The van der Waals surface area contributed by atoms with Crippen LogP contribution < -0.4 is 10.1 Å². The van der Waals surface area contributed by atoms with E-state index in [4.69, 9.17) is 4.74 Å². The van der Waals surface area contributed by atoms with Crippen molar-refractivity contribution >= 4 is 11.5 Å². The highest BCUT2D eigenvalue weighted by Gasteiger charge is 2.23. The molecule has 0 fully saturated rings. The molecule has 106 valence electrons. The Morgan fingerprint density at radius 1 is 1.45 bits per heavy atom. The summed E-state index contributed by atoms with van der Waals surface area (Å²) in [7, 11) is 1.33. The van der Waals surface area contributed by atoms with Gasteiger partial charge in [-0.05, 0) is 6.42 Å². The molecule has 9 heteroatoms. The molecular formula is C11H14N6O3. The first-order valence-electron chi connectivity index (χ1n) is 5.98. The van der Waals surface area contributed by atoms with Crippen LogP contribution in [0.3, 0.4) is 0 Å². The Kier molecular flexibility index (Phi) is 4.43. The van der Waals surface area contributed by atoms with E-state index in [0.717, 1.165) is 18.7 Å². The van der Waals surface area contributed by atoms with E-state index >= 15 is 0 Å². The van der Waals surface area contributed by atoms with Crippen LogP contribution in [0.2, 0.25) is 0 Å². The lowest BCUT2D eigenvalue weighted by Crippen LogP contribution is -2.09. The molecule has 0 amide bonds. The number of ether oxygens (including phenoxy) is 1. The standard InChI is InChI=1S/C11H14N6O3/c1-20-11-9(17(18)19)10(15-7-16-11)14-4-2-3-8-12-5-6-13-8/h5-7H,2-4H2,1H3,(H,12,13)(H,14,15,16). The summed E-state index contributed by atoms with van der Waals surface area (Å²) >= 11 is 0. The number of nitro groups is 1. The molecule has 2 rings (SSSR count). The molecule has 9 nitrogen and oxygen atoms in total. The average molecular weight is 278 g/mol. The van der Waals surface area contributed by atoms with Gasteiger partial charge in [0, 0.05) is 25.4 Å². The Balaban J connectivity index is 1.96. The third kappa shape index (κ3) is 3.19. The molecule has 0 aliphatic heterocycles. The van der Waals surface area contributed by atoms with Gasteiger partial charge in [-0.3, -0.25) is 10.1 Å². The van der Waals surface area contributed by atoms with Crippen molar-refractivity contribution in [3.8, 4) is 5.88 Å². The normalized spacial score (nSPS) is 10.2. The quantitative estimate of drug-likeness (QED) is 0.443. The fourth-order valence-corrected chi connectivity index (χ4v) is 1.70. The Morgan fingerprint density at radius 3 is 2.95 bits per heavy atom. The number of aryl methyl sites for hydroxylation is 1. The second-order valence-electron chi connectivity index (χ2n) is 3.90. The van der Waals surface area contributed by atoms with E-state index in [1.165, 1.54) is 13.4 Å². The van der Waals surface area contributed by atoms with Crippen LogP contribution in [0, 0.1) is 10.1 Å². The van der Waals surface area contributed by atoms with Gasteiger partial charge in [0.05, 0.1) is 12.0 Å². The van der Waals surface area contributed by atoms with E-state index < -0.39 is 4.92 Å². The smallest absolute Gasteiger partial charge is 0.372 e. The van der Waals surface area contributed by atoms with Crippen LogP contribution >= 0.6 is 0 Å². The summed E-state index contributed by atoms with van der Waals surface area (Å²) < 4.78 is 4.86. The fraction of sp³-hybridized carbons (Fsp3) is 0.364. The van der Waals surface area contributed by atoms with E-state index in [0.29, 0.717) is 6.54 Å². The largest absolute Gasteiger partial charge is 0.476 e. The minimum Gasteiger partial charge on any atom is -0.476 e. The lowest BCUT2D eigenvalue weighted by atomic mass is 10.3. The lowest BCUT2D eigenvalue weighted by molar-refractivity contribution is -0.385. The number of anilines is 1. The van der Waals surface area contributed by atoms with Crippen molar-refractivity contribution in [1.29, 1.82) is 0 Å². The number of hydrogen-bond donors (Lipinski definition) is 2. The van der Waals surface area contributed by atoms with Crippen molar-refractivity contribution in [3.05, 3.63) is 34.7 Å². The zero-order valence-corrected chi connectivity index (χ0v) is 10.9. The number of imidazole rings is 1. The van der Waals surface area contributed by atoms with Gasteiger partial charge in [-0.15, -0.1) is 0 Å². The molecule has 2 heterocycles. The van der Waals surface area contributed by atoms with Crippen molar-refractivity contribution in [1.82, 2.24) is 19.9 Å². The number of rotatable bonds is 7. The maximum absolute atomic E-state index is 11.0. The summed E-state index contributed by atoms with van der Waals surface area (Å²) in [6.45, 7) is 0.529. The number of aromatic nitrogens is 4. The third-order valence-corrected chi connectivity index (χ3v) is 2.60. The predicted molar refractivity (Wildman–Crippen MR) is 70.6 cm³/mol. The van der Waals surface area contributed by atoms with Crippen LogP contribution in [0.4, 0.5) is 11.5 Å². The van der Waals surface area contributed by atoms with Gasteiger partial charge in [0.1, 0.15) is 12.2 Å². The molecule has 2 N–H and O–H groups in total. The summed E-state index contributed by atoms with van der Waals surface area (Å²) in [5, 5.41) is 13.9. The van der Waals surface area contributed by atoms with Gasteiger partial charge in [-0.1, -0.05) is 0 Å². The molecule has 0 aliphatic rings. The number of methoxy groups -OCH3 is 1. The second-order valence-corrected chi connectivity index (χ2v) is 3.90.